The average molecular weight is 343 g/mol. The van der Waals surface area contributed by atoms with Crippen molar-refractivity contribution in [3.8, 4) is 17.2 Å². The second-order valence-corrected chi connectivity index (χ2v) is 6.59. The normalized spacial score (nSPS) is 26.0. The summed E-state index contributed by atoms with van der Waals surface area (Å²) in [5.74, 6) is 1.69. The van der Waals surface area contributed by atoms with E-state index in [9.17, 15) is 5.11 Å². The molecule has 3 rings (SSSR count). The maximum absolute atomic E-state index is 10.7. The van der Waals surface area contributed by atoms with E-state index in [0.29, 0.717) is 17.2 Å². The molecule has 4 atom stereocenters. The molecule has 0 bridgehead atoms. The number of benzene rings is 2. The number of aliphatic hydroxyl groups excluding tert-OH is 1. The van der Waals surface area contributed by atoms with Crippen molar-refractivity contribution in [1.29, 1.82) is 0 Å². The Morgan fingerprint density at radius 2 is 1.56 bits per heavy atom. The molecule has 0 spiro atoms. The van der Waals surface area contributed by atoms with Crippen LogP contribution in [-0.4, -0.2) is 32.5 Å². The number of hydrogen-bond donors (Lipinski definition) is 2. The highest BCUT2D eigenvalue weighted by Gasteiger charge is 2.64. The zero-order chi connectivity index (χ0) is 18.2. The van der Waals surface area contributed by atoms with Crippen LogP contribution in [0.5, 0.6) is 17.2 Å². The fourth-order valence-electron chi connectivity index (χ4n) is 3.79. The van der Waals surface area contributed by atoms with E-state index in [1.807, 2.05) is 37.3 Å². The van der Waals surface area contributed by atoms with Crippen LogP contribution in [0.2, 0.25) is 0 Å². The fraction of sp³-hybridized carbons (Fsp3) is 0.400. The molecule has 1 unspecified atom stereocenters. The van der Waals surface area contributed by atoms with Gasteiger partial charge in [-0.05, 0) is 5.56 Å². The fourth-order valence-corrected chi connectivity index (χ4v) is 3.79. The molecule has 2 aromatic carbocycles. The number of hydrogen-bond acceptors (Lipinski definition) is 5. The maximum Gasteiger partial charge on any atom is 0.131 e. The third kappa shape index (κ3) is 2.73. The van der Waals surface area contributed by atoms with Crippen LogP contribution in [0.15, 0.2) is 42.5 Å². The molecule has 0 amide bonds. The smallest absolute Gasteiger partial charge is 0.131 e. The summed E-state index contributed by atoms with van der Waals surface area (Å²) in [7, 11) is 4.76. The number of aliphatic hydroxyl groups is 1. The van der Waals surface area contributed by atoms with Gasteiger partial charge in [-0.1, -0.05) is 37.3 Å². The van der Waals surface area contributed by atoms with Gasteiger partial charge < -0.3 is 25.1 Å². The second kappa shape index (κ2) is 6.58. The first-order valence-electron chi connectivity index (χ1n) is 8.28. The number of nitrogens with two attached hydrogens (primary N) is 1. The van der Waals surface area contributed by atoms with E-state index in [-0.39, 0.29) is 5.92 Å². The van der Waals surface area contributed by atoms with Gasteiger partial charge in [-0.15, -0.1) is 0 Å². The number of ether oxygens (including phenoxy) is 3. The van der Waals surface area contributed by atoms with Gasteiger partial charge in [-0.2, -0.15) is 0 Å². The summed E-state index contributed by atoms with van der Waals surface area (Å²) in [5.41, 5.74) is 8.02. The largest absolute Gasteiger partial charge is 0.496 e. The summed E-state index contributed by atoms with van der Waals surface area (Å²) in [4.78, 5) is 0. The Morgan fingerprint density at radius 3 is 2.04 bits per heavy atom. The van der Waals surface area contributed by atoms with Crippen molar-refractivity contribution in [2.75, 3.05) is 21.3 Å². The molecule has 5 heteroatoms. The van der Waals surface area contributed by atoms with Gasteiger partial charge in [0, 0.05) is 29.5 Å². The van der Waals surface area contributed by atoms with Gasteiger partial charge in [0.1, 0.15) is 17.2 Å². The van der Waals surface area contributed by atoms with E-state index in [4.69, 9.17) is 19.9 Å². The Balaban J connectivity index is 2.01. The van der Waals surface area contributed by atoms with Crippen LogP contribution < -0.4 is 19.9 Å². The molecular weight excluding hydrogens is 318 g/mol. The van der Waals surface area contributed by atoms with Gasteiger partial charge in [-0.3, -0.25) is 0 Å². The minimum absolute atomic E-state index is 0.133. The van der Waals surface area contributed by atoms with Crippen LogP contribution in [0.25, 0.3) is 0 Å². The van der Waals surface area contributed by atoms with Crippen LogP contribution in [0.4, 0.5) is 0 Å². The van der Waals surface area contributed by atoms with E-state index >= 15 is 0 Å². The molecule has 0 heterocycles. The third-order valence-electron chi connectivity index (χ3n) is 5.41. The standard InChI is InChI=1S/C20H25NO4/c1-20(12-8-6-5-7-9-12)17(19(20)22)18(21)16-14(24-3)10-13(23-2)11-15(16)25-4/h5-11,17-19,22H,21H2,1-4H3/t17-,18?,19+,20+/m1/s1. The first-order valence-corrected chi connectivity index (χ1v) is 8.28. The predicted molar refractivity (Wildman–Crippen MR) is 96.3 cm³/mol. The summed E-state index contributed by atoms with van der Waals surface area (Å²) in [6, 6.07) is 13.1. The molecular formula is C20H25NO4. The summed E-state index contributed by atoms with van der Waals surface area (Å²) >= 11 is 0. The highest BCUT2D eigenvalue weighted by molar-refractivity contribution is 5.54. The molecule has 0 aliphatic heterocycles. The Morgan fingerprint density at radius 1 is 1.00 bits per heavy atom. The molecule has 1 aliphatic carbocycles. The van der Waals surface area contributed by atoms with Crippen LogP contribution in [-0.2, 0) is 5.41 Å². The highest BCUT2D eigenvalue weighted by atomic mass is 16.5. The zero-order valence-electron chi connectivity index (χ0n) is 15.0. The number of methoxy groups -OCH3 is 3. The van der Waals surface area contributed by atoms with E-state index in [0.717, 1.165) is 11.1 Å². The molecule has 3 N–H and O–H groups in total. The molecule has 0 saturated heterocycles. The minimum Gasteiger partial charge on any atom is -0.496 e. The van der Waals surface area contributed by atoms with Crippen LogP contribution in [0.1, 0.15) is 24.1 Å². The molecule has 1 aliphatic rings. The van der Waals surface area contributed by atoms with Crippen LogP contribution in [0.3, 0.4) is 0 Å². The van der Waals surface area contributed by atoms with Gasteiger partial charge in [-0.25, -0.2) is 0 Å². The lowest BCUT2D eigenvalue weighted by molar-refractivity contribution is 0.237. The maximum atomic E-state index is 10.7. The van der Waals surface area contributed by atoms with Gasteiger partial charge in [0.05, 0.1) is 33.0 Å². The lowest BCUT2D eigenvalue weighted by Crippen LogP contribution is -2.20. The van der Waals surface area contributed by atoms with Gasteiger partial charge >= 0.3 is 0 Å². The van der Waals surface area contributed by atoms with Crippen LogP contribution in [0, 0.1) is 5.92 Å². The molecule has 1 fully saturated rings. The summed E-state index contributed by atoms with van der Waals surface area (Å²) in [5, 5.41) is 10.7. The summed E-state index contributed by atoms with van der Waals surface area (Å²) < 4.78 is 16.3. The van der Waals surface area contributed by atoms with E-state index in [2.05, 4.69) is 0 Å². The van der Waals surface area contributed by atoms with Crippen molar-refractivity contribution in [3.63, 3.8) is 0 Å². The monoisotopic (exact) mass is 343 g/mol. The number of rotatable bonds is 6. The van der Waals surface area contributed by atoms with Crippen molar-refractivity contribution >= 4 is 0 Å². The zero-order valence-corrected chi connectivity index (χ0v) is 15.0. The lowest BCUT2D eigenvalue weighted by Gasteiger charge is -2.22. The lowest BCUT2D eigenvalue weighted by atomic mass is 9.90. The Labute approximate surface area is 148 Å². The molecule has 134 valence electrons. The van der Waals surface area contributed by atoms with Crippen LogP contribution >= 0.6 is 0 Å². The summed E-state index contributed by atoms with van der Waals surface area (Å²) in [6.07, 6.45) is -0.526. The SMILES string of the molecule is COc1cc(OC)c(C(N)[C@@H]2[C@H](O)[C@@]2(C)c2ccccc2)c(OC)c1. The van der Waals surface area contributed by atoms with Gasteiger partial charge in [0.2, 0.25) is 0 Å². The first kappa shape index (κ1) is 17.6. The molecule has 5 nitrogen and oxygen atoms in total. The van der Waals surface area contributed by atoms with Crippen molar-refractivity contribution < 1.29 is 19.3 Å². The highest BCUT2D eigenvalue weighted by Crippen LogP contribution is 2.60. The summed E-state index contributed by atoms with van der Waals surface area (Å²) in [6.45, 7) is 2.04. The minimum atomic E-state index is -0.526. The Hall–Kier alpha value is -2.24. The van der Waals surface area contributed by atoms with Crippen molar-refractivity contribution in [2.24, 2.45) is 11.7 Å². The van der Waals surface area contributed by atoms with Crippen molar-refractivity contribution in [2.45, 2.75) is 24.5 Å². The third-order valence-corrected chi connectivity index (χ3v) is 5.41. The molecule has 2 aromatic rings. The molecule has 0 aromatic heterocycles. The molecule has 1 saturated carbocycles. The molecule has 25 heavy (non-hydrogen) atoms. The van der Waals surface area contributed by atoms with Crippen molar-refractivity contribution in [1.82, 2.24) is 0 Å². The average Bonchev–Trinajstić information content (AvgIpc) is 3.22. The van der Waals surface area contributed by atoms with E-state index in [1.54, 1.807) is 33.5 Å². The van der Waals surface area contributed by atoms with Gasteiger partial charge in [0.25, 0.3) is 0 Å². The predicted octanol–water partition coefficient (Wildman–Crippen LogP) is 2.66. The first-order chi connectivity index (χ1) is 12.0. The van der Waals surface area contributed by atoms with Crippen molar-refractivity contribution in [3.05, 3.63) is 53.6 Å². The quantitative estimate of drug-likeness (QED) is 0.843. The Bertz CT molecular complexity index is 724. The van der Waals surface area contributed by atoms with E-state index < -0.39 is 17.6 Å². The topological polar surface area (TPSA) is 73.9 Å². The Kier molecular flexibility index (Phi) is 4.62. The van der Waals surface area contributed by atoms with Gasteiger partial charge in [0.15, 0.2) is 0 Å². The van der Waals surface area contributed by atoms with E-state index in [1.165, 1.54) is 0 Å². The molecule has 0 radical (unpaired) electrons. The second-order valence-electron chi connectivity index (χ2n) is 6.59.